The fourth-order valence-corrected chi connectivity index (χ4v) is 2.29. The zero-order valence-electron chi connectivity index (χ0n) is 10.4. The Balaban J connectivity index is 2.21. The first-order chi connectivity index (χ1) is 9.13. The van der Waals surface area contributed by atoms with E-state index in [1.54, 1.807) is 24.3 Å². The van der Waals surface area contributed by atoms with Crippen LogP contribution in [0, 0.1) is 12.3 Å². The van der Waals surface area contributed by atoms with E-state index in [0.29, 0.717) is 24.1 Å². The van der Waals surface area contributed by atoms with E-state index in [2.05, 4.69) is 5.92 Å². The molecule has 1 aromatic rings. The van der Waals surface area contributed by atoms with Crippen LogP contribution in [0.3, 0.4) is 0 Å². The first-order valence-electron chi connectivity index (χ1n) is 6.20. The van der Waals surface area contributed by atoms with Gasteiger partial charge in [-0.15, -0.1) is 0 Å². The van der Waals surface area contributed by atoms with Gasteiger partial charge in [-0.05, 0) is 50.0 Å². The van der Waals surface area contributed by atoms with Gasteiger partial charge in [-0.2, -0.15) is 0 Å². The summed E-state index contributed by atoms with van der Waals surface area (Å²) in [6, 6.07) is 5.73. The largest absolute Gasteiger partial charge is 0.480 e. The summed E-state index contributed by atoms with van der Waals surface area (Å²) in [6.45, 7) is 0.480. The molecule has 4 nitrogen and oxygen atoms in total. The third-order valence-corrected chi connectivity index (χ3v) is 3.32. The number of amides is 1. The average molecular weight is 256 g/mol. The van der Waals surface area contributed by atoms with Crippen LogP contribution in [0.4, 0.5) is 0 Å². The Hall–Kier alpha value is -2.28. The van der Waals surface area contributed by atoms with E-state index in [4.69, 9.17) is 11.5 Å². The van der Waals surface area contributed by atoms with Crippen LogP contribution in [0.2, 0.25) is 0 Å². The quantitative estimate of drug-likeness (QED) is 0.819. The van der Waals surface area contributed by atoms with Crippen molar-refractivity contribution in [2.45, 2.75) is 25.3 Å². The van der Waals surface area contributed by atoms with Gasteiger partial charge in [0.1, 0.15) is 6.04 Å². The second-order valence-electron chi connectivity index (χ2n) is 4.55. The molecule has 0 saturated carbocycles. The molecule has 0 spiro atoms. The molecule has 4 heteroatoms. The Labute approximate surface area is 112 Å². The number of piperidine rings is 1. The van der Waals surface area contributed by atoms with Gasteiger partial charge in [0.15, 0.2) is 0 Å². The van der Waals surface area contributed by atoms with E-state index >= 15 is 0 Å². The van der Waals surface area contributed by atoms with E-state index in [0.717, 1.165) is 12.8 Å². The number of rotatable bonds is 2. The maximum Gasteiger partial charge on any atom is 0.326 e. The molecular weight excluding hydrogens is 242 g/mol. The fraction of sp³-hybridized carbons (Fsp3) is 0.333. The normalized spacial score (nSPS) is 18.7. The molecule has 0 aliphatic carbocycles. The third kappa shape index (κ3) is 2.76. The van der Waals surface area contributed by atoms with Crippen LogP contribution >= 0.6 is 0 Å². The summed E-state index contributed by atoms with van der Waals surface area (Å²) in [7, 11) is 0. The highest BCUT2D eigenvalue weighted by molar-refractivity contribution is 5.96. The van der Waals surface area contributed by atoms with Crippen LogP contribution < -0.4 is 0 Å². The minimum atomic E-state index is -0.947. The number of carbonyl (C=O) groups is 2. The predicted molar refractivity (Wildman–Crippen MR) is 69.0 cm³/mol. The second-order valence-corrected chi connectivity index (χ2v) is 4.55. The van der Waals surface area contributed by atoms with Gasteiger partial charge in [-0.1, -0.05) is 5.92 Å². The second kappa shape index (κ2) is 5.57. The Morgan fingerprint density at radius 2 is 1.95 bits per heavy atom. The van der Waals surface area contributed by atoms with Crippen LogP contribution in [-0.2, 0) is 4.79 Å². The number of aliphatic carboxylic acids is 1. The zero-order valence-corrected chi connectivity index (χ0v) is 10.4. The molecule has 1 heterocycles. The lowest BCUT2D eigenvalue weighted by atomic mass is 10.0. The molecule has 2 rings (SSSR count). The minimum Gasteiger partial charge on any atom is -0.480 e. The average Bonchev–Trinajstić information content (AvgIpc) is 2.46. The summed E-state index contributed by atoms with van der Waals surface area (Å²) in [4.78, 5) is 24.9. The lowest BCUT2D eigenvalue weighted by Crippen LogP contribution is -2.47. The molecule has 97 valence electrons. The van der Waals surface area contributed by atoms with Crippen LogP contribution in [0.25, 0.3) is 0 Å². The molecule has 0 aromatic heterocycles. The number of carboxylic acids is 1. The van der Waals surface area contributed by atoms with E-state index < -0.39 is 12.0 Å². The van der Waals surface area contributed by atoms with E-state index in [1.165, 1.54) is 4.90 Å². The molecule has 19 heavy (non-hydrogen) atoms. The molecule has 1 N–H and O–H groups in total. The zero-order chi connectivity index (χ0) is 13.8. The highest BCUT2D eigenvalue weighted by atomic mass is 16.4. The van der Waals surface area contributed by atoms with E-state index in [-0.39, 0.29) is 5.91 Å². The molecule has 1 amide bonds. The van der Waals surface area contributed by atoms with Gasteiger partial charge < -0.3 is 10.0 Å². The molecule has 1 radical (unpaired) electrons. The molecule has 1 aliphatic heterocycles. The molecule has 1 aliphatic rings. The predicted octanol–water partition coefficient (Wildman–Crippen LogP) is 1.70. The summed E-state index contributed by atoms with van der Waals surface area (Å²) in [5.41, 5.74) is 1.04. The Morgan fingerprint density at radius 3 is 2.53 bits per heavy atom. The van der Waals surface area contributed by atoms with Crippen molar-refractivity contribution in [2.24, 2.45) is 0 Å². The molecule has 1 fully saturated rings. The summed E-state index contributed by atoms with van der Waals surface area (Å²) in [5.74, 6) is 1.02. The first-order valence-corrected chi connectivity index (χ1v) is 6.20. The number of carbonyl (C=O) groups excluding carboxylic acids is 1. The summed E-state index contributed by atoms with van der Waals surface area (Å²) >= 11 is 0. The highest BCUT2D eigenvalue weighted by Crippen LogP contribution is 2.20. The van der Waals surface area contributed by atoms with Crippen molar-refractivity contribution in [3.8, 4) is 5.92 Å². The molecule has 1 saturated heterocycles. The van der Waals surface area contributed by atoms with Crippen LogP contribution in [-0.4, -0.2) is 34.5 Å². The topological polar surface area (TPSA) is 57.6 Å². The van der Waals surface area contributed by atoms with Crippen molar-refractivity contribution in [3.05, 3.63) is 41.8 Å². The lowest BCUT2D eigenvalue weighted by molar-refractivity contribution is -0.143. The van der Waals surface area contributed by atoms with Gasteiger partial charge in [-0.25, -0.2) is 4.79 Å². The molecule has 1 atom stereocenters. The summed E-state index contributed by atoms with van der Waals surface area (Å²) in [6.07, 6.45) is 9.16. The minimum absolute atomic E-state index is 0.261. The van der Waals surface area contributed by atoms with Crippen molar-refractivity contribution >= 4 is 11.9 Å². The SMILES string of the molecule is [C]#Cc1ccc(C(=O)N2CCCCC2C(=O)O)cc1. The number of nitrogens with zero attached hydrogens (tertiary/aromatic N) is 1. The molecule has 1 unspecified atom stereocenters. The summed E-state index contributed by atoms with van der Waals surface area (Å²) in [5, 5.41) is 9.16. The van der Waals surface area contributed by atoms with Gasteiger partial charge in [0, 0.05) is 17.7 Å². The van der Waals surface area contributed by atoms with Gasteiger partial charge in [0.25, 0.3) is 5.91 Å². The van der Waals surface area contributed by atoms with Gasteiger partial charge in [0.05, 0.1) is 0 Å². The first kappa shape index (κ1) is 13.2. The Kier molecular flexibility index (Phi) is 3.86. The smallest absolute Gasteiger partial charge is 0.326 e. The van der Waals surface area contributed by atoms with Gasteiger partial charge in [-0.3, -0.25) is 4.79 Å². The van der Waals surface area contributed by atoms with Crippen molar-refractivity contribution in [2.75, 3.05) is 6.54 Å². The van der Waals surface area contributed by atoms with Crippen LogP contribution in [0.15, 0.2) is 24.3 Å². The van der Waals surface area contributed by atoms with E-state index in [1.807, 2.05) is 0 Å². The Bertz CT molecular complexity index is 527. The third-order valence-electron chi connectivity index (χ3n) is 3.32. The monoisotopic (exact) mass is 256 g/mol. The number of carboxylic acid groups (broad SMARTS) is 1. The fourth-order valence-electron chi connectivity index (χ4n) is 2.29. The van der Waals surface area contributed by atoms with E-state index in [9.17, 15) is 9.59 Å². The number of hydrogen-bond donors (Lipinski definition) is 1. The number of benzene rings is 1. The molecule has 1 aromatic carbocycles. The van der Waals surface area contributed by atoms with Gasteiger partial charge >= 0.3 is 5.97 Å². The van der Waals surface area contributed by atoms with Crippen molar-refractivity contribution in [3.63, 3.8) is 0 Å². The number of likely N-dealkylation sites (tertiary alicyclic amines) is 1. The van der Waals surface area contributed by atoms with Crippen LogP contribution in [0.1, 0.15) is 35.2 Å². The van der Waals surface area contributed by atoms with Crippen molar-refractivity contribution < 1.29 is 14.7 Å². The van der Waals surface area contributed by atoms with Crippen LogP contribution in [0.5, 0.6) is 0 Å². The standard InChI is InChI=1S/C15H14NO3/c1-2-11-6-8-12(9-7-11)14(17)16-10-4-3-5-13(16)15(18)19/h6-9,13H,3-5,10H2,(H,18,19). The van der Waals surface area contributed by atoms with Crippen molar-refractivity contribution in [1.29, 1.82) is 0 Å². The molecule has 0 bridgehead atoms. The lowest BCUT2D eigenvalue weighted by Gasteiger charge is -2.33. The summed E-state index contributed by atoms with van der Waals surface area (Å²) < 4.78 is 0. The highest BCUT2D eigenvalue weighted by Gasteiger charge is 2.32. The Morgan fingerprint density at radius 1 is 1.26 bits per heavy atom. The molecular formula is C15H14NO3. The van der Waals surface area contributed by atoms with Crippen molar-refractivity contribution in [1.82, 2.24) is 4.90 Å². The number of hydrogen-bond acceptors (Lipinski definition) is 2. The maximum absolute atomic E-state index is 12.3. The maximum atomic E-state index is 12.3. The van der Waals surface area contributed by atoms with Gasteiger partial charge in [0.2, 0.25) is 0 Å².